The van der Waals surface area contributed by atoms with Gasteiger partial charge < -0.3 is 5.73 Å². The lowest BCUT2D eigenvalue weighted by molar-refractivity contribution is -0.458. The number of quaternary nitrogens is 1. The largest absolute Gasteiger partial charge is 0.353 e. The van der Waals surface area contributed by atoms with Crippen LogP contribution in [0.15, 0.2) is 0 Å². The zero-order valence-electron chi connectivity index (χ0n) is 35.4. The van der Waals surface area contributed by atoms with Gasteiger partial charge in [0, 0.05) is 0 Å². The maximum absolute atomic E-state index is 17.3. The zero-order chi connectivity index (χ0) is 56.1. The normalized spacial score (nSPS) is 12.3. The van der Waals surface area contributed by atoms with Gasteiger partial charge in [-0.05, 0) is 42.3 Å². The molecule has 0 spiro atoms. The number of hydrogen-bond acceptors (Lipinski definition) is 0. The Labute approximate surface area is 388 Å². The van der Waals surface area contributed by atoms with Crippen molar-refractivity contribution in [3.63, 3.8) is 0 Å². The molecule has 0 saturated carbocycles. The van der Waals surface area contributed by atoms with E-state index >= 15 is 105 Å². The van der Waals surface area contributed by atoms with E-state index in [1.54, 1.807) is 0 Å². The van der Waals surface area contributed by atoms with Gasteiger partial charge in [0.25, 0.3) is 0 Å². The highest BCUT2D eigenvalue weighted by Gasteiger charge is 2.52. The third-order valence-corrected chi connectivity index (χ3v) is 11.2. The highest BCUT2D eigenvalue weighted by atomic mass is 19.2. The molecule has 0 aliphatic carbocycles. The molecule has 3 N–H and O–H groups in total. The molecule has 0 aromatic heterocycles. The van der Waals surface area contributed by atoms with Crippen molar-refractivity contribution in [2.45, 2.75) is 26.3 Å². The third kappa shape index (κ3) is 7.11. The van der Waals surface area contributed by atoms with E-state index < -0.39 is 234 Å². The highest BCUT2D eigenvalue weighted by molar-refractivity contribution is 7.23. The van der Waals surface area contributed by atoms with Gasteiger partial charge >= 0.3 is 0 Å². The Kier molecular flexibility index (Phi) is 13.1. The molecular formula is C44H12BF28N. The lowest BCUT2D eigenvalue weighted by atomic mass is 9.11. The van der Waals surface area contributed by atoms with Crippen LogP contribution in [0.25, 0.3) is 43.1 Å². The molecule has 0 aliphatic rings. The van der Waals surface area contributed by atoms with Crippen LogP contribution >= 0.6 is 0 Å². The Morgan fingerprint density at radius 1 is 0.189 bits per heavy atom. The zero-order valence-corrected chi connectivity index (χ0v) is 35.4. The van der Waals surface area contributed by atoms with Crippen LogP contribution in [-0.4, -0.2) is 11.7 Å². The predicted molar refractivity (Wildman–Crippen MR) is 202 cm³/mol. The molecule has 8 rings (SSSR count). The first-order chi connectivity index (χ1) is 34.0. The molecule has 0 atom stereocenters. The summed E-state index contributed by atoms with van der Waals surface area (Å²) in [6.45, 7) is 6.23. The summed E-state index contributed by atoms with van der Waals surface area (Å²) in [7, 11) is 0. The van der Waals surface area contributed by atoms with E-state index in [-0.39, 0.29) is 5.54 Å². The molecular weight excluding hydrogens is 1090 g/mol. The third-order valence-electron chi connectivity index (χ3n) is 11.2. The SMILES string of the molecule is CC(C)(C)[NH3+].Fc1c(F)c(F)c2c([B-](c3c(F)c(F)c(F)c4c(F)c(F)c(F)c(F)c34)(c3c(F)c(F)c(F)c4c(F)c(F)c(F)c(F)c34)c3c(F)c(F)c(F)c4c(F)c(F)c(F)c(F)c34)c(F)c(F)c(F)c2c1F. The molecule has 0 bridgehead atoms. The van der Waals surface area contributed by atoms with Crippen LogP contribution in [0, 0.1) is 163 Å². The molecule has 1 nitrogen and oxygen atoms in total. The number of benzene rings is 8. The van der Waals surface area contributed by atoms with E-state index in [4.69, 9.17) is 0 Å². The molecule has 8 aromatic carbocycles. The number of fused-ring (bicyclic) bond motifs is 4. The van der Waals surface area contributed by atoms with Crippen molar-refractivity contribution in [1.82, 2.24) is 0 Å². The van der Waals surface area contributed by atoms with E-state index in [1.807, 2.05) is 0 Å². The van der Waals surface area contributed by atoms with Gasteiger partial charge in [0.1, 0.15) is 29.4 Å². The Hall–Kier alpha value is -7.14. The predicted octanol–water partition coefficient (Wildman–Crippen LogP) is 11.6. The number of halogens is 28. The van der Waals surface area contributed by atoms with Crippen molar-refractivity contribution in [3.05, 3.63) is 163 Å². The summed E-state index contributed by atoms with van der Waals surface area (Å²) < 4.78 is 446. The molecule has 0 saturated heterocycles. The van der Waals surface area contributed by atoms with Crippen molar-refractivity contribution in [2.24, 2.45) is 0 Å². The first-order valence-corrected chi connectivity index (χ1v) is 19.3. The molecule has 0 radical (unpaired) electrons. The fraction of sp³-hybridized carbons (Fsp3) is 0.0909. The highest BCUT2D eigenvalue weighted by Crippen LogP contribution is 2.42. The maximum Gasteiger partial charge on any atom is 0.198 e. The average molecular weight is 1100 g/mol. The Bertz CT molecular complexity index is 3360. The Balaban J connectivity index is 0.00000153. The molecule has 0 amide bonds. The second kappa shape index (κ2) is 17.8. The fourth-order valence-corrected chi connectivity index (χ4v) is 8.59. The minimum absolute atomic E-state index is 0.250. The lowest BCUT2D eigenvalue weighted by Gasteiger charge is -2.47. The summed E-state index contributed by atoms with van der Waals surface area (Å²) >= 11 is 0. The van der Waals surface area contributed by atoms with E-state index in [1.165, 1.54) is 0 Å². The van der Waals surface area contributed by atoms with Gasteiger partial charge in [0.15, 0.2) is 140 Å². The van der Waals surface area contributed by atoms with Gasteiger partial charge in [-0.25, -0.2) is 123 Å². The molecule has 30 heteroatoms. The fourth-order valence-electron chi connectivity index (χ4n) is 8.59. The van der Waals surface area contributed by atoms with Crippen LogP contribution in [0.5, 0.6) is 0 Å². The summed E-state index contributed by atoms with van der Waals surface area (Å²) in [5.41, 5.74) is -11.5. The van der Waals surface area contributed by atoms with E-state index in [9.17, 15) is 17.6 Å². The molecule has 392 valence electrons. The molecule has 0 fully saturated rings. The van der Waals surface area contributed by atoms with Crippen molar-refractivity contribution < 1.29 is 129 Å². The van der Waals surface area contributed by atoms with Crippen LogP contribution in [0.4, 0.5) is 123 Å². The van der Waals surface area contributed by atoms with Crippen LogP contribution in [-0.2, 0) is 0 Å². The smallest absolute Gasteiger partial charge is 0.198 e. The monoisotopic (exact) mass is 1100 g/mol. The summed E-state index contributed by atoms with van der Waals surface area (Å²) in [5, 5.41) is -27.0. The maximum atomic E-state index is 17.3. The van der Waals surface area contributed by atoms with Gasteiger partial charge in [-0.15, -0.1) is 21.9 Å². The van der Waals surface area contributed by atoms with Gasteiger partial charge in [0.2, 0.25) is 0 Å². The van der Waals surface area contributed by atoms with Crippen molar-refractivity contribution in [3.8, 4) is 0 Å². The summed E-state index contributed by atoms with van der Waals surface area (Å²) in [6.07, 6.45) is -8.05. The summed E-state index contributed by atoms with van der Waals surface area (Å²) in [6, 6.07) is 0. The molecule has 74 heavy (non-hydrogen) atoms. The van der Waals surface area contributed by atoms with Crippen molar-refractivity contribution in [2.75, 3.05) is 0 Å². The van der Waals surface area contributed by atoms with Crippen LogP contribution < -0.4 is 27.6 Å². The Morgan fingerprint density at radius 2 is 0.284 bits per heavy atom. The van der Waals surface area contributed by atoms with Crippen molar-refractivity contribution in [1.29, 1.82) is 0 Å². The molecule has 0 heterocycles. The van der Waals surface area contributed by atoms with Crippen LogP contribution in [0.1, 0.15) is 20.8 Å². The standard InChI is InChI=1S/C40BF28.C4H11N/c42-13-1-5(21(50)37(66)33(13)62)17(46)29(58)25(54)9(1)41(10-2-6(18(47)30(59)26(10)55)22(51)38(67)34(63)14(2)43,11-3-7(19(48)31(60)27(11)56)23(52)39(68)35(64)15(3)44)12-4-8(20(49)32(61)28(12)57)24(53)40(69)36(65)16(4)45;1-4(2,3)5/h;5H2,1-3H3/q-1;/p+1. The molecule has 0 unspecified atom stereocenters. The summed E-state index contributed by atoms with van der Waals surface area (Å²) in [5.74, 6) is -104. The molecule has 8 aromatic rings. The van der Waals surface area contributed by atoms with Gasteiger partial charge in [-0.2, -0.15) is 0 Å². The second-order valence-corrected chi connectivity index (χ2v) is 16.9. The van der Waals surface area contributed by atoms with E-state index in [2.05, 4.69) is 26.5 Å². The van der Waals surface area contributed by atoms with Crippen molar-refractivity contribution >= 4 is 71.1 Å². The first-order valence-electron chi connectivity index (χ1n) is 19.3. The Morgan fingerprint density at radius 3 is 0.405 bits per heavy atom. The van der Waals surface area contributed by atoms with E-state index in [0.29, 0.717) is 0 Å². The first kappa shape index (κ1) is 54.6. The average Bonchev–Trinajstić information content (AvgIpc) is 3.33. The minimum atomic E-state index is -8.05. The number of rotatable bonds is 4. The molecule has 0 aliphatic heterocycles. The van der Waals surface area contributed by atoms with E-state index in [0.717, 1.165) is 0 Å². The van der Waals surface area contributed by atoms with Crippen LogP contribution in [0.2, 0.25) is 0 Å². The van der Waals surface area contributed by atoms with Crippen LogP contribution in [0.3, 0.4) is 0 Å². The lowest BCUT2D eigenvalue weighted by Crippen LogP contribution is -2.79. The summed E-state index contributed by atoms with van der Waals surface area (Å²) in [4.78, 5) is 0. The van der Waals surface area contributed by atoms with Gasteiger partial charge in [-0.1, -0.05) is 0 Å². The quantitative estimate of drug-likeness (QED) is 0.0787. The second-order valence-electron chi connectivity index (χ2n) is 16.9. The minimum Gasteiger partial charge on any atom is -0.353 e. The van der Waals surface area contributed by atoms with Gasteiger partial charge in [-0.3, -0.25) is 0 Å². The van der Waals surface area contributed by atoms with Gasteiger partial charge in [0.05, 0.1) is 27.1 Å². The topological polar surface area (TPSA) is 27.6 Å². The number of hydrogen-bond donors (Lipinski definition) is 1.